The molecule has 0 atom stereocenters. The lowest BCUT2D eigenvalue weighted by Crippen LogP contribution is -2.50. The first-order chi connectivity index (χ1) is 16.0. The Kier molecular flexibility index (Phi) is 5.42. The summed E-state index contributed by atoms with van der Waals surface area (Å²) < 4.78 is 3.94. The van der Waals surface area contributed by atoms with Crippen molar-refractivity contribution in [2.75, 3.05) is 31.1 Å². The molecule has 33 heavy (non-hydrogen) atoms. The molecule has 1 aliphatic rings. The molecule has 168 valence electrons. The fraction of sp³-hybridized carbons (Fsp3) is 0.280. The zero-order chi connectivity index (χ0) is 22.9. The van der Waals surface area contributed by atoms with Gasteiger partial charge in [-0.3, -0.25) is 4.79 Å². The Morgan fingerprint density at radius 1 is 0.909 bits per heavy atom. The smallest absolute Gasteiger partial charge is 0.368 e. The van der Waals surface area contributed by atoms with Crippen LogP contribution in [0.5, 0.6) is 0 Å². The zero-order valence-electron chi connectivity index (χ0n) is 18.9. The van der Waals surface area contributed by atoms with E-state index in [0.29, 0.717) is 18.7 Å². The van der Waals surface area contributed by atoms with Crippen molar-refractivity contribution in [3.8, 4) is 5.69 Å². The topological polar surface area (TPSA) is 69.3 Å². The molecule has 0 aliphatic carbocycles. The number of carbonyl (C=O) groups excluding carboxylic acids is 1. The first kappa shape index (κ1) is 20.9. The van der Waals surface area contributed by atoms with Crippen molar-refractivity contribution in [1.82, 2.24) is 19.4 Å². The summed E-state index contributed by atoms with van der Waals surface area (Å²) in [5.41, 5.74) is 4.19. The summed E-state index contributed by atoms with van der Waals surface area (Å²) in [5, 5.41) is 5.40. The van der Waals surface area contributed by atoms with E-state index in [1.165, 1.54) is 10.4 Å². The highest BCUT2D eigenvalue weighted by Crippen LogP contribution is 2.22. The highest BCUT2D eigenvalue weighted by atomic mass is 16.3. The molecule has 1 saturated heterocycles. The molecule has 8 heteroatoms. The zero-order valence-corrected chi connectivity index (χ0v) is 18.9. The van der Waals surface area contributed by atoms with E-state index in [2.05, 4.69) is 22.1 Å². The van der Waals surface area contributed by atoms with Crippen LogP contribution in [0.25, 0.3) is 16.7 Å². The number of fused-ring (bicyclic) bond motifs is 1. The lowest BCUT2D eigenvalue weighted by atomic mass is 10.2. The molecule has 0 radical (unpaired) electrons. The van der Waals surface area contributed by atoms with Crippen molar-refractivity contribution in [1.29, 1.82) is 0 Å². The Hall–Kier alpha value is -3.94. The van der Waals surface area contributed by atoms with Gasteiger partial charge >= 0.3 is 5.65 Å². The summed E-state index contributed by atoms with van der Waals surface area (Å²) in [6.45, 7) is 6.71. The molecule has 0 spiro atoms. The van der Waals surface area contributed by atoms with Gasteiger partial charge < -0.3 is 9.80 Å². The van der Waals surface area contributed by atoms with Crippen LogP contribution in [0, 0.1) is 18.8 Å². The van der Waals surface area contributed by atoms with Gasteiger partial charge in [-0.1, -0.05) is 36.4 Å². The molecule has 2 aromatic carbocycles. The first-order valence-corrected chi connectivity index (χ1v) is 11.2. The van der Waals surface area contributed by atoms with Crippen LogP contribution in [-0.4, -0.2) is 51.4 Å². The summed E-state index contributed by atoms with van der Waals surface area (Å²) in [7, 11) is 0. The van der Waals surface area contributed by atoms with Crippen LogP contribution in [0.3, 0.4) is 0 Å². The van der Waals surface area contributed by atoms with E-state index in [9.17, 15) is 9.70 Å². The number of para-hydroxylation sites is 2. The van der Waals surface area contributed by atoms with Crippen LogP contribution in [0.1, 0.15) is 11.3 Å². The molecule has 4 aromatic rings. The summed E-state index contributed by atoms with van der Waals surface area (Å²) in [5.74, 6) is -0.0599. The quantitative estimate of drug-likeness (QED) is 0.455. The van der Waals surface area contributed by atoms with E-state index in [4.69, 9.17) is 0 Å². The molecule has 2 aromatic heterocycles. The Labute approximate surface area is 191 Å². The standard InChI is InChI=1S/C25H27N6O2/c1-19-17-29(18-23(32)28-15-13-27(14-16-28)21-9-5-3-6-10-21)31(33)25-24(19)20(2)30(26-25)22-11-7-4-8-12-22/h3-12,17H,13-16,18H2,1-2H3/q+1. The molecule has 8 nitrogen and oxygen atoms in total. The number of anilines is 1. The Morgan fingerprint density at radius 2 is 1.52 bits per heavy atom. The maximum absolute atomic E-state index is 13.2. The second-order valence-electron chi connectivity index (χ2n) is 8.42. The maximum Gasteiger partial charge on any atom is 0.422 e. The molecular formula is C25H27N6O2+. The van der Waals surface area contributed by atoms with Gasteiger partial charge in [0.05, 0.1) is 27.2 Å². The van der Waals surface area contributed by atoms with Crippen LogP contribution >= 0.6 is 0 Å². The van der Waals surface area contributed by atoms with Crippen molar-refractivity contribution in [3.05, 3.63) is 83.0 Å². The highest BCUT2D eigenvalue weighted by molar-refractivity contribution is 5.80. The lowest BCUT2D eigenvalue weighted by Gasteiger charge is -2.36. The van der Waals surface area contributed by atoms with E-state index < -0.39 is 0 Å². The number of benzene rings is 2. The van der Waals surface area contributed by atoms with Gasteiger partial charge in [-0.2, -0.15) is 4.68 Å². The number of hydrogen-bond donors (Lipinski definition) is 0. The molecular weight excluding hydrogens is 416 g/mol. The second kappa shape index (κ2) is 8.54. The van der Waals surface area contributed by atoms with Crippen LogP contribution in [0.15, 0.2) is 66.9 Å². The van der Waals surface area contributed by atoms with Crippen molar-refractivity contribution in [2.45, 2.75) is 20.4 Å². The fourth-order valence-corrected chi connectivity index (χ4v) is 4.57. The van der Waals surface area contributed by atoms with Crippen LogP contribution in [0.4, 0.5) is 5.69 Å². The van der Waals surface area contributed by atoms with E-state index in [0.717, 1.165) is 40.0 Å². The van der Waals surface area contributed by atoms with Crippen LogP contribution in [0.2, 0.25) is 0 Å². The number of aryl methyl sites for hydroxylation is 2. The molecule has 0 saturated carbocycles. The van der Waals surface area contributed by atoms with E-state index in [1.54, 1.807) is 10.9 Å². The van der Waals surface area contributed by atoms with Crippen molar-refractivity contribution in [2.24, 2.45) is 0 Å². The number of rotatable bonds is 4. The van der Waals surface area contributed by atoms with Gasteiger partial charge in [0.25, 0.3) is 0 Å². The predicted octanol–water partition coefficient (Wildman–Crippen LogP) is 2.71. The third kappa shape index (κ3) is 3.88. The minimum absolute atomic E-state index is 0.0111. The summed E-state index contributed by atoms with van der Waals surface area (Å²) in [6, 6.07) is 20.0. The van der Waals surface area contributed by atoms with Gasteiger partial charge in [0.15, 0.2) is 0 Å². The van der Waals surface area contributed by atoms with Crippen molar-refractivity contribution in [3.63, 3.8) is 0 Å². The number of hydrogen-bond acceptors (Lipinski definition) is 4. The van der Waals surface area contributed by atoms with E-state index >= 15 is 0 Å². The summed E-state index contributed by atoms with van der Waals surface area (Å²) in [6.07, 6.45) is 1.75. The number of amides is 1. The van der Waals surface area contributed by atoms with Gasteiger partial charge in [0, 0.05) is 31.9 Å². The molecule has 0 N–H and O–H groups in total. The third-order valence-corrected chi connectivity index (χ3v) is 6.30. The van der Waals surface area contributed by atoms with Gasteiger partial charge in [-0.15, -0.1) is 4.68 Å². The van der Waals surface area contributed by atoms with Gasteiger partial charge in [-0.25, -0.2) is 0 Å². The largest absolute Gasteiger partial charge is 0.422 e. The molecule has 5 rings (SSSR count). The number of piperazine rings is 1. The molecule has 1 fully saturated rings. The monoisotopic (exact) mass is 443 g/mol. The van der Waals surface area contributed by atoms with E-state index in [1.807, 2.05) is 67.3 Å². The van der Waals surface area contributed by atoms with Crippen LogP contribution in [-0.2, 0) is 11.3 Å². The Bertz CT molecular complexity index is 1350. The molecule has 0 bridgehead atoms. The van der Waals surface area contributed by atoms with E-state index in [-0.39, 0.29) is 12.5 Å². The molecule has 3 heterocycles. The minimum Gasteiger partial charge on any atom is -0.368 e. The predicted molar refractivity (Wildman–Crippen MR) is 127 cm³/mol. The second-order valence-corrected chi connectivity index (χ2v) is 8.42. The van der Waals surface area contributed by atoms with Crippen LogP contribution < -0.4 is 9.44 Å². The van der Waals surface area contributed by atoms with Gasteiger partial charge in [0.2, 0.25) is 5.91 Å². The Morgan fingerprint density at radius 3 is 2.15 bits per heavy atom. The summed E-state index contributed by atoms with van der Waals surface area (Å²) >= 11 is 0. The average Bonchev–Trinajstić information content (AvgIpc) is 3.21. The lowest BCUT2D eigenvalue weighted by molar-refractivity contribution is -0.572. The number of aromatic nitrogens is 4. The maximum atomic E-state index is 13.2. The average molecular weight is 444 g/mol. The summed E-state index contributed by atoms with van der Waals surface area (Å²) in [4.78, 5) is 30.3. The minimum atomic E-state index is -0.0599. The van der Waals surface area contributed by atoms with Crippen molar-refractivity contribution < 1.29 is 9.34 Å². The van der Waals surface area contributed by atoms with Crippen molar-refractivity contribution >= 4 is 22.6 Å². The number of carbonyl (C=O) groups is 1. The molecule has 1 aliphatic heterocycles. The van der Waals surface area contributed by atoms with Gasteiger partial charge in [-0.05, 0) is 48.6 Å². The molecule has 0 unspecified atom stereocenters. The fourth-order valence-electron chi connectivity index (χ4n) is 4.57. The highest BCUT2D eigenvalue weighted by Gasteiger charge is 2.27. The van der Waals surface area contributed by atoms with Gasteiger partial charge in [0.1, 0.15) is 11.9 Å². The SMILES string of the molecule is Cc1cn(CC(=O)N2CCN(c3ccccc3)CC2)[n+](=O)c2nn(-c3ccccc3)c(C)c12. The molecule has 1 amide bonds. The third-order valence-electron chi connectivity index (χ3n) is 6.30. The first-order valence-electron chi connectivity index (χ1n) is 11.2. The number of nitrogens with zero attached hydrogens (tertiary/aromatic N) is 6. The normalized spacial score (nSPS) is 14.1. The Balaban J connectivity index is 1.37.